The molecule has 0 aliphatic carbocycles. The number of aryl methyl sites for hydroxylation is 1. The maximum Gasteiger partial charge on any atom is 0.0969 e. The molecule has 5 heteroatoms. The molecule has 2 aromatic rings. The molecule has 156 valence electrons. The first-order valence-corrected chi connectivity index (χ1v) is 11.2. The molecule has 2 N–H and O–H groups in total. The van der Waals surface area contributed by atoms with E-state index in [-0.39, 0.29) is 6.61 Å². The first kappa shape index (κ1) is 22.6. The average molecular weight is 387 g/mol. The molecule has 5 nitrogen and oxygen atoms in total. The highest BCUT2D eigenvalue weighted by Gasteiger charge is 2.03. The van der Waals surface area contributed by atoms with Gasteiger partial charge in [-0.15, -0.1) is 5.10 Å². The van der Waals surface area contributed by atoms with Crippen molar-refractivity contribution in [1.82, 2.24) is 20.3 Å². The van der Waals surface area contributed by atoms with Crippen LogP contribution in [0, 0.1) is 0 Å². The summed E-state index contributed by atoms with van der Waals surface area (Å²) in [5, 5.41) is 20.3. The van der Waals surface area contributed by atoms with Gasteiger partial charge in [-0.2, -0.15) is 0 Å². The third-order valence-corrected chi connectivity index (χ3v) is 5.16. The number of aliphatic hydroxyl groups is 1. The van der Waals surface area contributed by atoms with Gasteiger partial charge in [-0.25, -0.2) is 4.68 Å². The molecule has 0 saturated carbocycles. The lowest BCUT2D eigenvalue weighted by Gasteiger charge is -2.05. The van der Waals surface area contributed by atoms with Crippen LogP contribution in [0.3, 0.4) is 0 Å². The third kappa shape index (κ3) is 8.98. The van der Waals surface area contributed by atoms with Gasteiger partial charge in [0, 0.05) is 13.1 Å². The molecular formula is C23H38N4O. The van der Waals surface area contributed by atoms with Gasteiger partial charge >= 0.3 is 0 Å². The number of nitrogens with zero attached hydrogens (tertiary/aromatic N) is 3. The fraction of sp³-hybridized carbons (Fsp3) is 0.652. The Morgan fingerprint density at radius 1 is 0.893 bits per heavy atom. The molecule has 1 aromatic heterocycles. The summed E-state index contributed by atoms with van der Waals surface area (Å²) in [4.78, 5) is 0. The molecule has 1 aromatic carbocycles. The van der Waals surface area contributed by atoms with E-state index in [4.69, 9.17) is 5.11 Å². The molecule has 0 atom stereocenters. The van der Waals surface area contributed by atoms with Gasteiger partial charge < -0.3 is 10.4 Å². The molecular weight excluding hydrogens is 348 g/mol. The van der Waals surface area contributed by atoms with E-state index in [0.29, 0.717) is 13.1 Å². The van der Waals surface area contributed by atoms with Crippen molar-refractivity contribution in [3.63, 3.8) is 0 Å². The molecule has 1 heterocycles. The van der Waals surface area contributed by atoms with Crippen molar-refractivity contribution in [3.8, 4) is 5.69 Å². The highest BCUT2D eigenvalue weighted by atomic mass is 16.3. The van der Waals surface area contributed by atoms with Crippen molar-refractivity contribution in [3.05, 3.63) is 41.7 Å². The van der Waals surface area contributed by atoms with E-state index < -0.39 is 0 Å². The van der Waals surface area contributed by atoms with Crippen LogP contribution in [0.15, 0.2) is 30.5 Å². The summed E-state index contributed by atoms with van der Waals surface area (Å²) in [6.07, 6.45) is 16.9. The van der Waals surface area contributed by atoms with Gasteiger partial charge in [-0.3, -0.25) is 0 Å². The van der Waals surface area contributed by atoms with Crippen LogP contribution < -0.4 is 5.32 Å². The van der Waals surface area contributed by atoms with Crippen LogP contribution in [0.5, 0.6) is 0 Å². The number of rotatable bonds is 16. The first-order chi connectivity index (χ1) is 13.8. The van der Waals surface area contributed by atoms with E-state index in [1.54, 1.807) is 4.68 Å². The van der Waals surface area contributed by atoms with Crippen molar-refractivity contribution in [2.75, 3.05) is 13.2 Å². The Balaban J connectivity index is 1.60. The molecule has 0 unspecified atom stereocenters. The lowest BCUT2D eigenvalue weighted by molar-refractivity contribution is 0.291. The quantitative estimate of drug-likeness (QED) is 0.406. The Morgan fingerprint density at radius 3 is 2.18 bits per heavy atom. The minimum Gasteiger partial charge on any atom is -0.395 e. The van der Waals surface area contributed by atoms with Crippen molar-refractivity contribution < 1.29 is 5.11 Å². The van der Waals surface area contributed by atoms with Gasteiger partial charge in [-0.1, -0.05) is 82.1 Å². The predicted molar refractivity (Wildman–Crippen MR) is 116 cm³/mol. The zero-order valence-electron chi connectivity index (χ0n) is 17.6. The predicted octanol–water partition coefficient (Wildman–Crippen LogP) is 4.81. The zero-order valence-corrected chi connectivity index (χ0v) is 17.6. The Hall–Kier alpha value is -1.72. The minimum atomic E-state index is 0.134. The Labute approximate surface area is 170 Å². The Kier molecular flexibility index (Phi) is 11.5. The van der Waals surface area contributed by atoms with Crippen LogP contribution in [-0.4, -0.2) is 33.3 Å². The van der Waals surface area contributed by atoms with E-state index in [1.165, 1.54) is 69.8 Å². The van der Waals surface area contributed by atoms with Gasteiger partial charge in [0.15, 0.2) is 0 Å². The number of hydrogen-bond acceptors (Lipinski definition) is 4. The standard InChI is InChI=1S/C23H38N4O/c1-2-3-4-5-6-7-8-9-10-11-12-21-13-15-23(16-14-21)27-20-22(25-26-27)19-24-17-18-28/h13-16,20,24,28H,2-12,17-19H2,1H3. The minimum absolute atomic E-state index is 0.134. The third-order valence-electron chi connectivity index (χ3n) is 5.16. The molecule has 0 aliphatic heterocycles. The zero-order chi connectivity index (χ0) is 19.9. The maximum absolute atomic E-state index is 8.80. The molecule has 0 radical (unpaired) electrons. The maximum atomic E-state index is 8.80. The molecule has 28 heavy (non-hydrogen) atoms. The molecule has 0 fully saturated rings. The van der Waals surface area contributed by atoms with E-state index in [1.807, 2.05) is 6.20 Å². The van der Waals surface area contributed by atoms with E-state index >= 15 is 0 Å². The second-order valence-corrected chi connectivity index (χ2v) is 7.65. The van der Waals surface area contributed by atoms with E-state index in [2.05, 4.69) is 46.8 Å². The van der Waals surface area contributed by atoms with Gasteiger partial charge in [-0.05, 0) is 30.5 Å². The molecule has 2 rings (SSSR count). The number of hydrogen-bond donors (Lipinski definition) is 2. The van der Waals surface area contributed by atoms with Gasteiger partial charge in [0.25, 0.3) is 0 Å². The SMILES string of the molecule is CCCCCCCCCCCCc1ccc(-n2cc(CNCCO)nn2)cc1. The Morgan fingerprint density at radius 2 is 1.54 bits per heavy atom. The number of benzene rings is 1. The van der Waals surface area contributed by atoms with Crippen LogP contribution in [0.4, 0.5) is 0 Å². The molecule has 0 bridgehead atoms. The van der Waals surface area contributed by atoms with E-state index in [0.717, 1.165) is 17.8 Å². The number of aromatic nitrogens is 3. The normalized spacial score (nSPS) is 11.2. The van der Waals surface area contributed by atoms with Gasteiger partial charge in [0.2, 0.25) is 0 Å². The summed E-state index contributed by atoms with van der Waals surface area (Å²) in [5.74, 6) is 0. The molecule has 0 amide bonds. The highest BCUT2D eigenvalue weighted by molar-refractivity contribution is 5.33. The monoisotopic (exact) mass is 386 g/mol. The summed E-state index contributed by atoms with van der Waals surface area (Å²) >= 11 is 0. The van der Waals surface area contributed by atoms with Crippen molar-refractivity contribution in [2.45, 2.75) is 84.1 Å². The molecule has 0 saturated heterocycles. The summed E-state index contributed by atoms with van der Waals surface area (Å²) in [7, 11) is 0. The largest absolute Gasteiger partial charge is 0.395 e. The topological polar surface area (TPSA) is 63.0 Å². The highest BCUT2D eigenvalue weighted by Crippen LogP contribution is 2.14. The van der Waals surface area contributed by atoms with Crippen molar-refractivity contribution in [1.29, 1.82) is 0 Å². The lowest BCUT2D eigenvalue weighted by Crippen LogP contribution is -2.17. The summed E-state index contributed by atoms with van der Waals surface area (Å²) in [5.41, 5.74) is 3.31. The van der Waals surface area contributed by atoms with Crippen LogP contribution in [-0.2, 0) is 13.0 Å². The fourth-order valence-corrected chi connectivity index (χ4v) is 3.43. The van der Waals surface area contributed by atoms with Crippen LogP contribution in [0.25, 0.3) is 5.69 Å². The van der Waals surface area contributed by atoms with Crippen molar-refractivity contribution >= 4 is 0 Å². The molecule has 0 aliphatic rings. The Bertz CT molecular complexity index is 624. The fourth-order valence-electron chi connectivity index (χ4n) is 3.43. The van der Waals surface area contributed by atoms with Crippen LogP contribution in [0.1, 0.15) is 82.4 Å². The summed E-state index contributed by atoms with van der Waals surface area (Å²) in [6.45, 7) is 3.60. The van der Waals surface area contributed by atoms with E-state index in [9.17, 15) is 0 Å². The lowest BCUT2D eigenvalue weighted by atomic mass is 10.0. The summed E-state index contributed by atoms with van der Waals surface area (Å²) in [6, 6.07) is 8.64. The summed E-state index contributed by atoms with van der Waals surface area (Å²) < 4.78 is 1.81. The molecule has 0 spiro atoms. The first-order valence-electron chi connectivity index (χ1n) is 11.2. The van der Waals surface area contributed by atoms with Crippen molar-refractivity contribution in [2.24, 2.45) is 0 Å². The number of nitrogens with one attached hydrogen (secondary N) is 1. The van der Waals surface area contributed by atoms with Gasteiger partial charge in [0.1, 0.15) is 0 Å². The number of unbranched alkanes of at least 4 members (excludes halogenated alkanes) is 9. The smallest absolute Gasteiger partial charge is 0.0969 e. The van der Waals surface area contributed by atoms with Crippen LogP contribution >= 0.6 is 0 Å². The van der Waals surface area contributed by atoms with Crippen LogP contribution in [0.2, 0.25) is 0 Å². The average Bonchev–Trinajstić information content (AvgIpc) is 3.19. The van der Waals surface area contributed by atoms with Gasteiger partial charge in [0.05, 0.1) is 24.2 Å². The number of aliphatic hydroxyl groups excluding tert-OH is 1. The second kappa shape index (κ2) is 14.3. The second-order valence-electron chi connectivity index (χ2n) is 7.65.